The summed E-state index contributed by atoms with van der Waals surface area (Å²) in [4.78, 5) is 11.4. The summed E-state index contributed by atoms with van der Waals surface area (Å²) < 4.78 is 5.42. The van der Waals surface area contributed by atoms with Gasteiger partial charge >= 0.3 is 0 Å². The minimum absolute atomic E-state index is 0.176. The molecule has 0 spiro atoms. The van der Waals surface area contributed by atoms with Gasteiger partial charge in [-0.1, -0.05) is 30.3 Å². The van der Waals surface area contributed by atoms with E-state index in [0.29, 0.717) is 11.5 Å². The Hall–Kier alpha value is -3.81. The van der Waals surface area contributed by atoms with Gasteiger partial charge in [-0.25, -0.2) is 9.97 Å². The lowest BCUT2D eigenvalue weighted by Gasteiger charge is -2.38. The first kappa shape index (κ1) is 22.4. The van der Waals surface area contributed by atoms with Gasteiger partial charge in [-0.3, -0.25) is 10.00 Å². The molecule has 7 rings (SSSR count). The Morgan fingerprint density at radius 2 is 1.59 bits per heavy atom. The first-order valence-electron chi connectivity index (χ1n) is 13.2. The number of fused-ring (bicyclic) bond motifs is 2. The van der Waals surface area contributed by atoms with E-state index in [9.17, 15) is 0 Å². The maximum atomic E-state index is 6.95. The number of aromatic amines is 1. The number of H-pyrrole nitrogens is 1. The molecule has 0 unspecified atom stereocenters. The molecule has 7 heteroatoms. The van der Waals surface area contributed by atoms with Crippen molar-refractivity contribution >= 4 is 11.0 Å². The molecule has 0 saturated carbocycles. The predicted octanol–water partition coefficient (Wildman–Crippen LogP) is 5.58. The van der Waals surface area contributed by atoms with E-state index in [0.717, 1.165) is 66.5 Å². The van der Waals surface area contributed by atoms with Crippen LogP contribution < -0.4 is 5.73 Å². The molecule has 2 aromatic carbocycles. The average Bonchev–Trinajstić information content (AvgIpc) is 3.72. The molecule has 0 radical (unpaired) electrons. The van der Waals surface area contributed by atoms with Crippen molar-refractivity contribution in [2.75, 3.05) is 13.1 Å². The Morgan fingerprint density at radius 1 is 0.838 bits per heavy atom. The van der Waals surface area contributed by atoms with Gasteiger partial charge < -0.3 is 10.2 Å². The van der Waals surface area contributed by atoms with Crippen LogP contribution in [0.25, 0.3) is 44.9 Å². The summed E-state index contributed by atoms with van der Waals surface area (Å²) in [6.07, 6.45) is 11.8. The van der Waals surface area contributed by atoms with Crippen molar-refractivity contribution in [1.82, 2.24) is 25.1 Å². The van der Waals surface area contributed by atoms with E-state index in [4.69, 9.17) is 10.2 Å². The van der Waals surface area contributed by atoms with Crippen LogP contribution in [0.3, 0.4) is 0 Å². The van der Waals surface area contributed by atoms with Crippen LogP contribution in [0.5, 0.6) is 0 Å². The van der Waals surface area contributed by atoms with Crippen molar-refractivity contribution in [1.29, 1.82) is 0 Å². The van der Waals surface area contributed by atoms with Crippen molar-refractivity contribution in [2.45, 2.75) is 44.2 Å². The molecule has 1 fully saturated rings. The van der Waals surface area contributed by atoms with Gasteiger partial charge in [-0.15, -0.1) is 0 Å². The molecule has 4 heterocycles. The van der Waals surface area contributed by atoms with Crippen LogP contribution in [0, 0.1) is 0 Å². The van der Waals surface area contributed by atoms with Gasteiger partial charge in [0.2, 0.25) is 5.89 Å². The fraction of sp³-hybridized carbons (Fsp3) is 0.300. The maximum Gasteiger partial charge on any atom is 0.225 e. The Kier molecular flexibility index (Phi) is 5.41. The normalized spacial score (nSPS) is 20.2. The molecule has 1 aliphatic carbocycles. The van der Waals surface area contributed by atoms with E-state index >= 15 is 0 Å². The average molecular weight is 491 g/mol. The molecule has 3 N–H and O–H groups in total. The topological polar surface area (TPSA) is 96.9 Å². The second kappa shape index (κ2) is 8.94. The number of hydrogen-bond donors (Lipinski definition) is 2. The van der Waals surface area contributed by atoms with Crippen LogP contribution in [0.2, 0.25) is 0 Å². The highest BCUT2D eigenvalue weighted by Crippen LogP contribution is 2.35. The largest absolute Gasteiger partial charge is 0.445 e. The summed E-state index contributed by atoms with van der Waals surface area (Å²) in [5.74, 6) is 0.612. The number of nitrogens with one attached hydrogen (secondary N) is 1. The van der Waals surface area contributed by atoms with Crippen molar-refractivity contribution in [3.05, 3.63) is 78.3 Å². The van der Waals surface area contributed by atoms with Crippen LogP contribution in [-0.4, -0.2) is 43.8 Å². The Labute approximate surface area is 215 Å². The van der Waals surface area contributed by atoms with Crippen molar-refractivity contribution in [3.8, 4) is 33.8 Å². The van der Waals surface area contributed by atoms with Gasteiger partial charge in [-0.2, -0.15) is 5.10 Å². The highest BCUT2D eigenvalue weighted by molar-refractivity contribution is 5.93. The molecular weight excluding hydrogens is 460 g/mol. The molecule has 3 aromatic heterocycles. The number of pyridine rings is 1. The van der Waals surface area contributed by atoms with E-state index in [2.05, 4.69) is 61.5 Å². The summed E-state index contributed by atoms with van der Waals surface area (Å²) in [5, 5.41) is 8.65. The molecule has 0 bridgehead atoms. The predicted molar refractivity (Wildman–Crippen MR) is 145 cm³/mol. The number of nitrogens with two attached hydrogens (primary N) is 1. The smallest absolute Gasteiger partial charge is 0.225 e. The molecule has 2 aliphatic rings. The maximum absolute atomic E-state index is 6.95. The molecular formula is C30H30N6O. The van der Waals surface area contributed by atoms with E-state index in [1.165, 1.54) is 29.5 Å². The van der Waals surface area contributed by atoms with Gasteiger partial charge in [0.1, 0.15) is 6.26 Å². The van der Waals surface area contributed by atoms with Crippen LogP contribution in [0.1, 0.15) is 36.8 Å². The molecule has 5 aromatic rings. The lowest BCUT2D eigenvalue weighted by molar-refractivity contribution is 0.105. The zero-order valence-electron chi connectivity index (χ0n) is 20.8. The summed E-state index contributed by atoms with van der Waals surface area (Å²) in [6.45, 7) is 2.28. The zero-order chi connectivity index (χ0) is 24.8. The van der Waals surface area contributed by atoms with Gasteiger partial charge in [0.25, 0.3) is 0 Å². The van der Waals surface area contributed by atoms with Gasteiger partial charge in [0.05, 0.1) is 17.6 Å². The molecule has 1 aliphatic heterocycles. The number of hydrogen-bond acceptors (Lipinski definition) is 6. The third-order valence-electron chi connectivity index (χ3n) is 8.19. The lowest BCUT2D eigenvalue weighted by atomic mass is 9.96. The summed E-state index contributed by atoms with van der Waals surface area (Å²) in [5.41, 5.74) is 15.5. The number of aryl methyl sites for hydroxylation is 2. The zero-order valence-corrected chi connectivity index (χ0v) is 20.8. The first-order valence-corrected chi connectivity index (χ1v) is 13.2. The fourth-order valence-corrected chi connectivity index (χ4v) is 6.01. The standard InChI is InChI=1S/C30H30N6O/c31-30(36-14-1-2-15-36)11-9-20-3-8-23(17-24(20)10-12-30)25-18-26-27(34-35-28(26)33-19-25)21-4-6-22(7-5-21)29-32-13-16-37-29/h3-8,13,16-19H,1-2,9-12,14-15,31H2,(H,33,34,35)/t30-/m0/s1. The Morgan fingerprint density at radius 3 is 2.38 bits per heavy atom. The molecule has 1 saturated heterocycles. The second-order valence-electron chi connectivity index (χ2n) is 10.4. The van der Waals surface area contributed by atoms with Crippen LogP contribution in [0.4, 0.5) is 0 Å². The number of nitrogens with zero attached hydrogens (tertiary/aromatic N) is 4. The minimum atomic E-state index is -0.176. The van der Waals surface area contributed by atoms with Crippen LogP contribution in [0.15, 0.2) is 71.6 Å². The highest BCUT2D eigenvalue weighted by atomic mass is 16.3. The number of aromatic nitrogens is 4. The Balaban J connectivity index is 1.19. The van der Waals surface area contributed by atoms with E-state index in [-0.39, 0.29) is 5.66 Å². The molecule has 37 heavy (non-hydrogen) atoms. The first-order chi connectivity index (χ1) is 18.2. The number of rotatable bonds is 4. The van der Waals surface area contributed by atoms with Crippen molar-refractivity contribution < 1.29 is 4.42 Å². The second-order valence-corrected chi connectivity index (χ2v) is 10.4. The molecule has 0 amide bonds. The number of oxazole rings is 1. The third kappa shape index (κ3) is 4.04. The minimum Gasteiger partial charge on any atom is -0.445 e. The lowest BCUT2D eigenvalue weighted by Crippen LogP contribution is -2.55. The summed E-state index contributed by atoms with van der Waals surface area (Å²) in [6, 6.07) is 17.2. The van der Waals surface area contributed by atoms with Crippen LogP contribution >= 0.6 is 0 Å². The summed E-state index contributed by atoms with van der Waals surface area (Å²) >= 11 is 0. The SMILES string of the molecule is N[C@]1(N2CCCC2)CCc2ccc(-c3cnc4n[nH]c(-c5ccc(-c6ncco6)cc5)c4c3)cc2CC1. The van der Waals surface area contributed by atoms with Crippen molar-refractivity contribution in [3.63, 3.8) is 0 Å². The monoisotopic (exact) mass is 490 g/mol. The highest BCUT2D eigenvalue weighted by Gasteiger charge is 2.35. The number of likely N-dealkylation sites (tertiary alicyclic amines) is 1. The molecule has 7 nitrogen and oxygen atoms in total. The van der Waals surface area contributed by atoms with Crippen molar-refractivity contribution in [2.24, 2.45) is 5.73 Å². The van der Waals surface area contributed by atoms with Gasteiger partial charge in [0, 0.05) is 28.3 Å². The van der Waals surface area contributed by atoms with Gasteiger partial charge in [-0.05, 0) is 86.5 Å². The quantitative estimate of drug-likeness (QED) is 0.319. The third-order valence-corrected chi connectivity index (χ3v) is 8.19. The summed E-state index contributed by atoms with van der Waals surface area (Å²) in [7, 11) is 0. The molecule has 1 atom stereocenters. The van der Waals surface area contributed by atoms with Crippen LogP contribution in [-0.2, 0) is 12.8 Å². The van der Waals surface area contributed by atoms with Gasteiger partial charge in [0.15, 0.2) is 5.65 Å². The van der Waals surface area contributed by atoms with E-state index in [1.807, 2.05) is 18.3 Å². The molecule has 186 valence electrons. The fourth-order valence-electron chi connectivity index (χ4n) is 6.01. The van der Waals surface area contributed by atoms with E-state index < -0.39 is 0 Å². The van der Waals surface area contributed by atoms with E-state index in [1.54, 1.807) is 12.5 Å². The Bertz CT molecular complexity index is 1550. The number of benzene rings is 2.